The zero-order valence-electron chi connectivity index (χ0n) is 9.59. The zero-order chi connectivity index (χ0) is 14.0. The second kappa shape index (κ2) is 6.41. The molecule has 0 saturated carbocycles. The van der Waals surface area contributed by atoms with Gasteiger partial charge in [0.15, 0.2) is 0 Å². The smallest absolute Gasteiger partial charge is 0.126 e. The van der Waals surface area contributed by atoms with Gasteiger partial charge in [0.1, 0.15) is 11.6 Å². The summed E-state index contributed by atoms with van der Waals surface area (Å²) in [4.78, 5) is 0.935. The van der Waals surface area contributed by atoms with Crippen LogP contribution in [0.25, 0.3) is 0 Å². The summed E-state index contributed by atoms with van der Waals surface area (Å²) in [5.41, 5.74) is 2.93. The van der Waals surface area contributed by atoms with Crippen LogP contribution in [-0.2, 0) is 6.42 Å². The summed E-state index contributed by atoms with van der Waals surface area (Å²) in [6.45, 7) is 0. The summed E-state index contributed by atoms with van der Waals surface area (Å²) in [7, 11) is 0. The van der Waals surface area contributed by atoms with Crippen molar-refractivity contribution in [3.63, 3.8) is 0 Å². The number of nitrogens with one attached hydrogen (secondary N) is 1. The molecule has 3 N–H and O–H groups in total. The van der Waals surface area contributed by atoms with Gasteiger partial charge in [-0.3, -0.25) is 11.3 Å². The Morgan fingerprint density at radius 1 is 1.26 bits per heavy atom. The fourth-order valence-corrected chi connectivity index (χ4v) is 3.85. The maximum Gasteiger partial charge on any atom is 0.126 e. The normalized spacial score (nSPS) is 12.7. The highest BCUT2D eigenvalue weighted by Crippen LogP contribution is 2.36. The van der Waals surface area contributed by atoms with Gasteiger partial charge in [0.25, 0.3) is 0 Å². The van der Waals surface area contributed by atoms with E-state index in [1.807, 2.05) is 6.07 Å². The molecule has 1 aromatic heterocycles. The van der Waals surface area contributed by atoms with Gasteiger partial charge >= 0.3 is 0 Å². The van der Waals surface area contributed by atoms with Crippen molar-refractivity contribution >= 4 is 43.2 Å². The van der Waals surface area contributed by atoms with Crippen LogP contribution in [0.3, 0.4) is 0 Å². The Bertz CT molecular complexity index is 570. The van der Waals surface area contributed by atoms with Gasteiger partial charge in [-0.1, -0.05) is 0 Å². The van der Waals surface area contributed by atoms with Gasteiger partial charge in [-0.15, -0.1) is 11.3 Å². The standard InChI is InChI=1S/C12H10Br2F2N2S/c13-8-5-11(19-12(8)14)10(18-17)4-6-3-7(15)1-2-9(6)16/h1-3,5,10,18H,4,17H2. The second-order valence-electron chi connectivity index (χ2n) is 3.93. The molecule has 0 saturated heterocycles. The van der Waals surface area contributed by atoms with Crippen molar-refractivity contribution < 1.29 is 8.78 Å². The molecule has 1 unspecified atom stereocenters. The van der Waals surface area contributed by atoms with Gasteiger partial charge in [0, 0.05) is 9.35 Å². The second-order valence-corrected chi connectivity index (χ2v) is 7.19. The largest absolute Gasteiger partial charge is 0.271 e. The first-order valence-corrected chi connectivity index (χ1v) is 7.76. The number of hydrogen-bond acceptors (Lipinski definition) is 3. The lowest BCUT2D eigenvalue weighted by Gasteiger charge is -2.14. The van der Waals surface area contributed by atoms with Crippen molar-refractivity contribution in [1.29, 1.82) is 0 Å². The molecule has 2 aromatic rings. The first-order valence-electron chi connectivity index (χ1n) is 5.36. The molecule has 102 valence electrons. The van der Waals surface area contributed by atoms with E-state index in [1.54, 1.807) is 0 Å². The quantitative estimate of drug-likeness (QED) is 0.581. The Hall–Kier alpha value is -0.340. The summed E-state index contributed by atoms with van der Waals surface area (Å²) in [5, 5.41) is 0. The highest BCUT2D eigenvalue weighted by molar-refractivity contribution is 9.13. The van der Waals surface area contributed by atoms with E-state index in [2.05, 4.69) is 37.3 Å². The van der Waals surface area contributed by atoms with Crippen molar-refractivity contribution in [1.82, 2.24) is 5.43 Å². The third-order valence-corrected chi connectivity index (χ3v) is 6.01. The average molecular weight is 412 g/mol. The predicted molar refractivity (Wildman–Crippen MR) is 79.8 cm³/mol. The average Bonchev–Trinajstić information content (AvgIpc) is 2.70. The number of nitrogens with two attached hydrogens (primary N) is 1. The first kappa shape index (κ1) is 15.1. The third kappa shape index (κ3) is 3.61. The minimum absolute atomic E-state index is 0.274. The molecule has 0 amide bonds. The number of hydrazine groups is 1. The number of thiophene rings is 1. The van der Waals surface area contributed by atoms with Crippen LogP contribution in [0, 0.1) is 11.6 Å². The molecule has 0 aliphatic rings. The molecule has 0 aliphatic heterocycles. The van der Waals surface area contributed by atoms with Crippen LogP contribution in [0.5, 0.6) is 0 Å². The van der Waals surface area contributed by atoms with E-state index in [0.717, 1.165) is 25.3 Å². The van der Waals surface area contributed by atoms with E-state index in [1.165, 1.54) is 17.4 Å². The van der Waals surface area contributed by atoms with E-state index < -0.39 is 11.6 Å². The summed E-state index contributed by atoms with van der Waals surface area (Å²) in [6, 6.07) is 5.04. The minimum atomic E-state index is -0.458. The molecule has 0 aliphatic carbocycles. The molecule has 19 heavy (non-hydrogen) atoms. The molecular weight excluding hydrogens is 402 g/mol. The monoisotopic (exact) mass is 410 g/mol. The Labute approximate surface area is 130 Å². The van der Waals surface area contributed by atoms with Crippen LogP contribution in [0.2, 0.25) is 0 Å². The molecule has 0 spiro atoms. The molecular formula is C12H10Br2F2N2S. The highest BCUT2D eigenvalue weighted by Gasteiger charge is 2.17. The van der Waals surface area contributed by atoms with Gasteiger partial charge in [-0.2, -0.15) is 0 Å². The molecule has 0 radical (unpaired) electrons. The van der Waals surface area contributed by atoms with Crippen LogP contribution in [0.15, 0.2) is 32.5 Å². The van der Waals surface area contributed by atoms with Gasteiger partial charge in [-0.05, 0) is 68.1 Å². The van der Waals surface area contributed by atoms with Crippen molar-refractivity contribution in [3.05, 3.63) is 54.6 Å². The Morgan fingerprint density at radius 2 is 2.00 bits per heavy atom. The minimum Gasteiger partial charge on any atom is -0.271 e. The van der Waals surface area contributed by atoms with Crippen LogP contribution >= 0.6 is 43.2 Å². The molecule has 2 nitrogen and oxygen atoms in total. The van der Waals surface area contributed by atoms with E-state index >= 15 is 0 Å². The number of halogens is 4. The summed E-state index contributed by atoms with van der Waals surface area (Å²) in [5.74, 6) is 4.62. The molecule has 1 aromatic carbocycles. The topological polar surface area (TPSA) is 38.0 Å². The maximum absolute atomic E-state index is 13.6. The lowest BCUT2D eigenvalue weighted by atomic mass is 10.0. The van der Waals surface area contributed by atoms with E-state index in [-0.39, 0.29) is 12.5 Å². The molecule has 2 rings (SSSR count). The van der Waals surface area contributed by atoms with Crippen molar-refractivity contribution in [2.75, 3.05) is 0 Å². The van der Waals surface area contributed by atoms with Gasteiger partial charge in [-0.25, -0.2) is 8.78 Å². The predicted octanol–water partition coefficient (Wildman–Crippen LogP) is 4.30. The fourth-order valence-electron chi connectivity index (χ4n) is 1.70. The third-order valence-electron chi connectivity index (χ3n) is 2.64. The number of benzene rings is 1. The van der Waals surface area contributed by atoms with Crippen LogP contribution in [-0.4, -0.2) is 0 Å². The van der Waals surface area contributed by atoms with Crippen LogP contribution in [0.4, 0.5) is 8.78 Å². The van der Waals surface area contributed by atoms with Crippen molar-refractivity contribution in [2.24, 2.45) is 5.84 Å². The lowest BCUT2D eigenvalue weighted by molar-refractivity contribution is 0.528. The molecule has 1 heterocycles. The maximum atomic E-state index is 13.6. The lowest BCUT2D eigenvalue weighted by Crippen LogP contribution is -2.29. The van der Waals surface area contributed by atoms with Gasteiger partial charge in [0.05, 0.1) is 9.83 Å². The Kier molecular flexibility index (Phi) is 5.08. The fraction of sp³-hybridized carbons (Fsp3) is 0.167. The van der Waals surface area contributed by atoms with E-state index in [0.29, 0.717) is 5.56 Å². The summed E-state index contributed by atoms with van der Waals surface area (Å²) >= 11 is 8.27. The van der Waals surface area contributed by atoms with E-state index in [4.69, 9.17) is 5.84 Å². The number of hydrogen-bond donors (Lipinski definition) is 2. The number of rotatable bonds is 4. The van der Waals surface area contributed by atoms with Crippen molar-refractivity contribution in [2.45, 2.75) is 12.5 Å². The molecule has 1 atom stereocenters. The Balaban J connectivity index is 2.26. The first-order chi connectivity index (χ1) is 9.01. The SMILES string of the molecule is NNC(Cc1cc(F)ccc1F)c1cc(Br)c(Br)s1. The highest BCUT2D eigenvalue weighted by atomic mass is 79.9. The van der Waals surface area contributed by atoms with Crippen molar-refractivity contribution in [3.8, 4) is 0 Å². The van der Waals surface area contributed by atoms with Gasteiger partial charge in [0.2, 0.25) is 0 Å². The molecule has 0 fully saturated rings. The van der Waals surface area contributed by atoms with Crippen LogP contribution < -0.4 is 11.3 Å². The summed E-state index contributed by atoms with van der Waals surface area (Å²) < 4.78 is 28.6. The van der Waals surface area contributed by atoms with Gasteiger partial charge < -0.3 is 0 Å². The Morgan fingerprint density at radius 3 is 2.58 bits per heavy atom. The van der Waals surface area contributed by atoms with E-state index in [9.17, 15) is 8.78 Å². The van der Waals surface area contributed by atoms with Crippen LogP contribution in [0.1, 0.15) is 16.5 Å². The zero-order valence-corrected chi connectivity index (χ0v) is 13.6. The summed E-state index contributed by atoms with van der Waals surface area (Å²) in [6.07, 6.45) is 0.277. The molecule has 0 bridgehead atoms. The molecule has 7 heteroatoms.